The third kappa shape index (κ3) is 5.04. The van der Waals surface area contributed by atoms with Crippen molar-refractivity contribution in [2.24, 2.45) is 5.92 Å². The van der Waals surface area contributed by atoms with Gasteiger partial charge in [0.25, 0.3) is 0 Å². The first-order valence-corrected chi connectivity index (χ1v) is 10.0. The van der Waals surface area contributed by atoms with Crippen LogP contribution in [-0.2, 0) is 11.3 Å². The van der Waals surface area contributed by atoms with Gasteiger partial charge in [0.15, 0.2) is 0 Å². The van der Waals surface area contributed by atoms with Crippen LogP contribution in [0.25, 0.3) is 0 Å². The molecule has 3 nitrogen and oxygen atoms in total. The summed E-state index contributed by atoms with van der Waals surface area (Å²) in [7, 11) is 0. The highest BCUT2D eigenvalue weighted by Crippen LogP contribution is 2.22. The van der Waals surface area contributed by atoms with E-state index in [2.05, 4.69) is 66.9 Å². The predicted molar refractivity (Wildman–Crippen MR) is 110 cm³/mol. The van der Waals surface area contributed by atoms with E-state index < -0.39 is 0 Å². The maximum Gasteiger partial charge on any atom is 0.228 e. The van der Waals surface area contributed by atoms with Crippen LogP contribution >= 0.6 is 38.5 Å². The minimum Gasteiger partial charge on any atom is -0.326 e. The first-order chi connectivity index (χ1) is 11.6. The molecule has 1 amide bonds. The van der Waals surface area contributed by atoms with Gasteiger partial charge in [-0.15, -0.1) is 0 Å². The van der Waals surface area contributed by atoms with Crippen molar-refractivity contribution in [2.75, 3.05) is 18.4 Å². The summed E-state index contributed by atoms with van der Waals surface area (Å²) in [5.74, 6) is 0.195. The van der Waals surface area contributed by atoms with Gasteiger partial charge in [0.2, 0.25) is 5.91 Å². The van der Waals surface area contributed by atoms with E-state index in [9.17, 15) is 4.79 Å². The molecule has 0 aliphatic carbocycles. The van der Waals surface area contributed by atoms with Crippen molar-refractivity contribution < 1.29 is 4.79 Å². The zero-order valence-corrected chi connectivity index (χ0v) is 17.1. The molecule has 24 heavy (non-hydrogen) atoms. The first-order valence-electron chi connectivity index (χ1n) is 8.13. The maximum atomic E-state index is 12.6. The molecule has 1 aliphatic rings. The number of piperidine rings is 1. The van der Waals surface area contributed by atoms with Gasteiger partial charge in [-0.3, -0.25) is 9.69 Å². The number of amides is 1. The van der Waals surface area contributed by atoms with Crippen LogP contribution in [0.5, 0.6) is 0 Å². The standard InChI is InChI=1S/C19H20BrIN2O/c20-16-5-1-3-14(11-16)12-23-10-2-4-15(13-23)19(24)22-18-8-6-17(21)7-9-18/h1,3,5-9,11,15H,2,4,10,12-13H2,(H,22,24). The molecule has 3 rings (SSSR count). The molecule has 1 fully saturated rings. The van der Waals surface area contributed by atoms with E-state index in [4.69, 9.17) is 0 Å². The monoisotopic (exact) mass is 498 g/mol. The Morgan fingerprint density at radius 2 is 2.04 bits per heavy atom. The highest BCUT2D eigenvalue weighted by molar-refractivity contribution is 14.1. The molecule has 5 heteroatoms. The maximum absolute atomic E-state index is 12.6. The van der Waals surface area contributed by atoms with Crippen molar-refractivity contribution in [1.29, 1.82) is 0 Å². The second kappa shape index (κ2) is 8.45. The molecule has 126 valence electrons. The van der Waals surface area contributed by atoms with Crippen LogP contribution in [0, 0.1) is 9.49 Å². The third-order valence-electron chi connectivity index (χ3n) is 4.28. The van der Waals surface area contributed by atoms with Crippen molar-refractivity contribution in [2.45, 2.75) is 19.4 Å². The Morgan fingerprint density at radius 1 is 1.25 bits per heavy atom. The lowest BCUT2D eigenvalue weighted by atomic mass is 9.96. The lowest BCUT2D eigenvalue weighted by Crippen LogP contribution is -2.40. The fourth-order valence-corrected chi connectivity index (χ4v) is 3.89. The van der Waals surface area contributed by atoms with Gasteiger partial charge < -0.3 is 5.32 Å². The molecule has 1 aliphatic heterocycles. The van der Waals surface area contributed by atoms with Crippen molar-refractivity contribution >= 4 is 50.1 Å². The van der Waals surface area contributed by atoms with Gasteiger partial charge >= 0.3 is 0 Å². The molecule has 1 heterocycles. The Morgan fingerprint density at radius 3 is 2.79 bits per heavy atom. The average Bonchev–Trinajstić information content (AvgIpc) is 2.57. The largest absolute Gasteiger partial charge is 0.326 e. The predicted octanol–water partition coefficient (Wildman–Crippen LogP) is 4.90. The minimum absolute atomic E-state index is 0.0604. The van der Waals surface area contributed by atoms with Gasteiger partial charge in [-0.2, -0.15) is 0 Å². The van der Waals surface area contributed by atoms with Crippen molar-refractivity contribution in [3.05, 3.63) is 62.1 Å². The molecule has 0 radical (unpaired) electrons. The fraction of sp³-hybridized carbons (Fsp3) is 0.316. The van der Waals surface area contributed by atoms with Crippen LogP contribution in [0.3, 0.4) is 0 Å². The molecule has 0 aromatic heterocycles. The van der Waals surface area contributed by atoms with E-state index in [1.165, 1.54) is 9.13 Å². The number of halogens is 2. The van der Waals surface area contributed by atoms with E-state index >= 15 is 0 Å². The summed E-state index contributed by atoms with van der Waals surface area (Å²) in [5, 5.41) is 3.06. The fourth-order valence-electron chi connectivity index (χ4n) is 3.08. The van der Waals surface area contributed by atoms with Crippen molar-refractivity contribution in [3.8, 4) is 0 Å². The number of likely N-dealkylation sites (tertiary alicyclic amines) is 1. The molecule has 0 spiro atoms. The van der Waals surface area contributed by atoms with Crippen LogP contribution in [0.1, 0.15) is 18.4 Å². The summed E-state index contributed by atoms with van der Waals surface area (Å²) in [4.78, 5) is 14.9. The quantitative estimate of drug-likeness (QED) is 0.608. The number of carbonyl (C=O) groups excluding carboxylic acids is 1. The van der Waals surface area contributed by atoms with Gasteiger partial charge in [-0.05, 0) is 83.9 Å². The number of rotatable bonds is 4. The van der Waals surface area contributed by atoms with Crippen LogP contribution in [0.15, 0.2) is 53.0 Å². The molecular formula is C19H20BrIN2O. The van der Waals surface area contributed by atoms with E-state index in [1.807, 2.05) is 30.3 Å². The number of carbonyl (C=O) groups is 1. The highest BCUT2D eigenvalue weighted by Gasteiger charge is 2.25. The number of nitrogens with one attached hydrogen (secondary N) is 1. The second-order valence-electron chi connectivity index (χ2n) is 6.20. The van der Waals surface area contributed by atoms with Gasteiger partial charge in [0.05, 0.1) is 5.92 Å². The summed E-state index contributed by atoms with van der Waals surface area (Å²) < 4.78 is 2.27. The molecule has 0 bridgehead atoms. The Labute approximate surface area is 165 Å². The van der Waals surface area contributed by atoms with Crippen LogP contribution < -0.4 is 5.32 Å². The SMILES string of the molecule is O=C(Nc1ccc(I)cc1)C1CCCN(Cc2cccc(Br)c2)C1. The summed E-state index contributed by atoms with van der Waals surface area (Å²) in [6, 6.07) is 16.3. The normalized spacial score (nSPS) is 18.3. The van der Waals surface area contributed by atoms with E-state index in [0.29, 0.717) is 0 Å². The molecule has 2 aromatic rings. The topological polar surface area (TPSA) is 32.3 Å². The number of anilines is 1. The average molecular weight is 499 g/mol. The van der Waals surface area contributed by atoms with Gasteiger partial charge in [-0.25, -0.2) is 0 Å². The Kier molecular flexibility index (Phi) is 6.30. The highest BCUT2D eigenvalue weighted by atomic mass is 127. The first kappa shape index (κ1) is 17.9. The zero-order valence-electron chi connectivity index (χ0n) is 13.3. The summed E-state index contributed by atoms with van der Waals surface area (Å²) >= 11 is 5.79. The molecule has 1 N–H and O–H groups in total. The molecule has 2 aromatic carbocycles. The van der Waals surface area contributed by atoms with E-state index in [-0.39, 0.29) is 11.8 Å². The molecular weight excluding hydrogens is 479 g/mol. The van der Waals surface area contributed by atoms with Crippen molar-refractivity contribution in [1.82, 2.24) is 4.90 Å². The van der Waals surface area contributed by atoms with Gasteiger partial charge in [-0.1, -0.05) is 28.1 Å². The van der Waals surface area contributed by atoms with Crippen LogP contribution in [0.2, 0.25) is 0 Å². The molecule has 0 saturated carbocycles. The lowest BCUT2D eigenvalue weighted by Gasteiger charge is -2.32. The van der Waals surface area contributed by atoms with Gasteiger partial charge in [0.1, 0.15) is 0 Å². The van der Waals surface area contributed by atoms with Gasteiger partial charge in [0, 0.05) is 26.8 Å². The number of nitrogens with zero attached hydrogens (tertiary/aromatic N) is 1. The second-order valence-corrected chi connectivity index (χ2v) is 8.36. The lowest BCUT2D eigenvalue weighted by molar-refractivity contribution is -0.121. The number of hydrogen-bond donors (Lipinski definition) is 1. The zero-order chi connectivity index (χ0) is 16.9. The third-order valence-corrected chi connectivity index (χ3v) is 5.50. The van der Waals surface area contributed by atoms with Crippen molar-refractivity contribution in [3.63, 3.8) is 0 Å². The minimum atomic E-state index is 0.0604. The molecule has 1 unspecified atom stereocenters. The van der Waals surface area contributed by atoms with E-state index in [1.54, 1.807) is 0 Å². The van der Waals surface area contributed by atoms with Crippen LogP contribution in [0.4, 0.5) is 5.69 Å². The summed E-state index contributed by atoms with van der Waals surface area (Å²) in [5.41, 5.74) is 2.16. The Balaban J connectivity index is 1.58. The Hall–Kier alpha value is -0.920. The number of hydrogen-bond acceptors (Lipinski definition) is 2. The smallest absolute Gasteiger partial charge is 0.228 e. The Bertz CT molecular complexity index is 705. The van der Waals surface area contributed by atoms with E-state index in [0.717, 1.165) is 42.6 Å². The molecule has 1 atom stereocenters. The number of benzene rings is 2. The van der Waals surface area contributed by atoms with Crippen LogP contribution in [-0.4, -0.2) is 23.9 Å². The summed E-state index contributed by atoms with van der Waals surface area (Å²) in [6.07, 6.45) is 2.03. The molecule has 1 saturated heterocycles. The summed E-state index contributed by atoms with van der Waals surface area (Å²) in [6.45, 7) is 2.77.